The first-order valence-corrected chi connectivity index (χ1v) is 6.54. The van der Waals surface area contributed by atoms with Crippen molar-refractivity contribution in [2.75, 3.05) is 0 Å². The predicted octanol–water partition coefficient (Wildman–Crippen LogP) is 3.80. The first kappa shape index (κ1) is 12.8. The summed E-state index contributed by atoms with van der Waals surface area (Å²) in [6, 6.07) is 19.0. The van der Waals surface area contributed by atoms with Crippen molar-refractivity contribution in [3.63, 3.8) is 0 Å². The van der Waals surface area contributed by atoms with Crippen molar-refractivity contribution < 1.29 is 0 Å². The minimum Gasteiger partial charge on any atom is -0.321 e. The Bertz CT molecular complexity index is 504. The summed E-state index contributed by atoms with van der Waals surface area (Å²) in [5, 5.41) is 0. The highest BCUT2D eigenvalue weighted by molar-refractivity contribution is 5.31. The highest BCUT2D eigenvalue weighted by Crippen LogP contribution is 2.27. The van der Waals surface area contributed by atoms with Gasteiger partial charge in [-0.05, 0) is 30.9 Å². The molecule has 2 N–H and O–H groups in total. The normalized spacial score (nSPS) is 14.2. The minimum atomic E-state index is -0.270. The van der Waals surface area contributed by atoms with Crippen molar-refractivity contribution in [1.29, 1.82) is 0 Å². The van der Waals surface area contributed by atoms with Gasteiger partial charge in [0.05, 0.1) is 0 Å². The summed E-state index contributed by atoms with van der Waals surface area (Å²) in [4.78, 5) is 0. The van der Waals surface area contributed by atoms with Gasteiger partial charge >= 0.3 is 0 Å². The molecule has 0 aromatic heterocycles. The van der Waals surface area contributed by atoms with Crippen LogP contribution in [0, 0.1) is 6.92 Å². The number of aryl methyl sites for hydroxylation is 1. The maximum absolute atomic E-state index is 6.62. The smallest absolute Gasteiger partial charge is 0.0447 e. The molecule has 2 rings (SSSR count). The number of benzene rings is 2. The Kier molecular flexibility index (Phi) is 3.83. The molecule has 0 aliphatic rings. The molecule has 0 amide bonds. The molecule has 1 unspecified atom stereocenters. The third-order valence-corrected chi connectivity index (χ3v) is 3.59. The molecule has 0 fully saturated rings. The topological polar surface area (TPSA) is 26.0 Å². The second kappa shape index (κ2) is 5.36. The van der Waals surface area contributed by atoms with E-state index in [9.17, 15) is 0 Å². The van der Waals surface area contributed by atoms with Crippen LogP contribution in [0.4, 0.5) is 0 Å². The molecule has 0 aliphatic carbocycles. The molecule has 94 valence electrons. The zero-order chi connectivity index (χ0) is 13.0. The van der Waals surface area contributed by atoms with E-state index in [2.05, 4.69) is 62.4 Å². The average Bonchev–Trinajstić information content (AvgIpc) is 2.40. The van der Waals surface area contributed by atoms with Gasteiger partial charge in [0.2, 0.25) is 0 Å². The number of nitrogens with two attached hydrogens (primary N) is 1. The Labute approximate surface area is 110 Å². The van der Waals surface area contributed by atoms with E-state index in [1.807, 2.05) is 6.07 Å². The van der Waals surface area contributed by atoms with Gasteiger partial charge in [-0.2, -0.15) is 0 Å². The quantitative estimate of drug-likeness (QED) is 0.862. The zero-order valence-electron chi connectivity index (χ0n) is 11.2. The molecule has 2 aromatic rings. The maximum atomic E-state index is 6.62. The lowest BCUT2D eigenvalue weighted by atomic mass is 9.82. The van der Waals surface area contributed by atoms with Crippen LogP contribution in [0.3, 0.4) is 0 Å². The van der Waals surface area contributed by atoms with Crippen LogP contribution in [-0.2, 0) is 12.0 Å². The van der Waals surface area contributed by atoms with Gasteiger partial charge in [0.25, 0.3) is 0 Å². The molecule has 1 nitrogen and oxygen atoms in total. The molecule has 18 heavy (non-hydrogen) atoms. The van der Waals surface area contributed by atoms with Crippen molar-refractivity contribution in [1.82, 2.24) is 0 Å². The van der Waals surface area contributed by atoms with E-state index in [4.69, 9.17) is 5.73 Å². The van der Waals surface area contributed by atoms with E-state index >= 15 is 0 Å². The standard InChI is InChI=1S/C17H21N/c1-3-17(18,13-15-9-5-4-6-10-15)16-11-7-8-14(2)12-16/h4-12H,3,13,18H2,1-2H3. The second-order valence-electron chi connectivity index (χ2n) is 5.04. The van der Waals surface area contributed by atoms with Gasteiger partial charge in [0.1, 0.15) is 0 Å². The minimum absolute atomic E-state index is 0.270. The summed E-state index contributed by atoms with van der Waals surface area (Å²) in [6.45, 7) is 4.27. The Morgan fingerprint density at radius 1 is 1.00 bits per heavy atom. The monoisotopic (exact) mass is 239 g/mol. The molecule has 0 bridgehead atoms. The molecule has 1 atom stereocenters. The lowest BCUT2D eigenvalue weighted by molar-refractivity contribution is 0.425. The fourth-order valence-corrected chi connectivity index (χ4v) is 2.35. The Morgan fingerprint density at radius 3 is 2.33 bits per heavy atom. The van der Waals surface area contributed by atoms with Crippen molar-refractivity contribution >= 4 is 0 Å². The average molecular weight is 239 g/mol. The van der Waals surface area contributed by atoms with Gasteiger partial charge in [-0.1, -0.05) is 67.1 Å². The van der Waals surface area contributed by atoms with Crippen LogP contribution in [-0.4, -0.2) is 0 Å². The van der Waals surface area contributed by atoms with Gasteiger partial charge in [-0.3, -0.25) is 0 Å². The Morgan fingerprint density at radius 2 is 1.72 bits per heavy atom. The summed E-state index contributed by atoms with van der Waals surface area (Å²) in [5.41, 5.74) is 10.1. The lowest BCUT2D eigenvalue weighted by Gasteiger charge is -2.29. The van der Waals surface area contributed by atoms with Crippen molar-refractivity contribution in [2.45, 2.75) is 32.2 Å². The molecule has 0 saturated heterocycles. The van der Waals surface area contributed by atoms with Crippen LogP contribution >= 0.6 is 0 Å². The van der Waals surface area contributed by atoms with Crippen LogP contribution in [0.25, 0.3) is 0 Å². The van der Waals surface area contributed by atoms with E-state index in [1.165, 1.54) is 16.7 Å². The van der Waals surface area contributed by atoms with Gasteiger partial charge in [-0.25, -0.2) is 0 Å². The largest absolute Gasteiger partial charge is 0.321 e. The van der Waals surface area contributed by atoms with Crippen LogP contribution in [0.2, 0.25) is 0 Å². The predicted molar refractivity (Wildman–Crippen MR) is 77.5 cm³/mol. The van der Waals surface area contributed by atoms with Crippen molar-refractivity contribution in [2.24, 2.45) is 5.73 Å². The summed E-state index contributed by atoms with van der Waals surface area (Å²) in [7, 11) is 0. The molecule has 0 spiro atoms. The number of hydrogen-bond acceptors (Lipinski definition) is 1. The molecule has 1 heteroatoms. The fraction of sp³-hybridized carbons (Fsp3) is 0.294. The second-order valence-corrected chi connectivity index (χ2v) is 5.04. The highest BCUT2D eigenvalue weighted by atomic mass is 14.7. The van der Waals surface area contributed by atoms with Crippen LogP contribution in [0.5, 0.6) is 0 Å². The van der Waals surface area contributed by atoms with Crippen LogP contribution in [0.1, 0.15) is 30.0 Å². The van der Waals surface area contributed by atoms with Crippen molar-refractivity contribution in [3.8, 4) is 0 Å². The van der Waals surface area contributed by atoms with Crippen LogP contribution in [0.15, 0.2) is 54.6 Å². The van der Waals surface area contributed by atoms with E-state index in [0.717, 1.165) is 12.8 Å². The van der Waals surface area contributed by atoms with E-state index in [1.54, 1.807) is 0 Å². The molecule has 0 radical (unpaired) electrons. The first-order chi connectivity index (χ1) is 8.64. The summed E-state index contributed by atoms with van der Waals surface area (Å²) in [5.74, 6) is 0. The number of rotatable bonds is 4. The molecular weight excluding hydrogens is 218 g/mol. The van der Waals surface area contributed by atoms with Crippen molar-refractivity contribution in [3.05, 3.63) is 71.3 Å². The van der Waals surface area contributed by atoms with Gasteiger partial charge in [0, 0.05) is 5.54 Å². The molecular formula is C17H21N. The first-order valence-electron chi connectivity index (χ1n) is 6.54. The van der Waals surface area contributed by atoms with Gasteiger partial charge < -0.3 is 5.73 Å². The third kappa shape index (κ3) is 2.80. The SMILES string of the molecule is CCC(N)(Cc1ccccc1)c1cccc(C)c1. The third-order valence-electron chi connectivity index (χ3n) is 3.59. The molecule has 0 heterocycles. The highest BCUT2D eigenvalue weighted by Gasteiger charge is 2.25. The molecule has 0 saturated carbocycles. The Balaban J connectivity index is 2.31. The van der Waals surface area contributed by atoms with E-state index in [-0.39, 0.29) is 5.54 Å². The zero-order valence-corrected chi connectivity index (χ0v) is 11.2. The summed E-state index contributed by atoms with van der Waals surface area (Å²) < 4.78 is 0. The summed E-state index contributed by atoms with van der Waals surface area (Å²) in [6.07, 6.45) is 1.82. The van der Waals surface area contributed by atoms with E-state index in [0.29, 0.717) is 0 Å². The van der Waals surface area contributed by atoms with Gasteiger partial charge in [-0.15, -0.1) is 0 Å². The lowest BCUT2D eigenvalue weighted by Crippen LogP contribution is -2.38. The maximum Gasteiger partial charge on any atom is 0.0447 e. The fourth-order valence-electron chi connectivity index (χ4n) is 2.35. The summed E-state index contributed by atoms with van der Waals surface area (Å²) >= 11 is 0. The van der Waals surface area contributed by atoms with E-state index < -0.39 is 0 Å². The Hall–Kier alpha value is -1.60. The van der Waals surface area contributed by atoms with Crippen LogP contribution < -0.4 is 5.73 Å². The molecule has 2 aromatic carbocycles. The molecule has 0 aliphatic heterocycles. The van der Waals surface area contributed by atoms with Gasteiger partial charge in [0.15, 0.2) is 0 Å². The number of hydrogen-bond donors (Lipinski definition) is 1.